The first-order chi connectivity index (χ1) is 19.9. The Bertz CT molecular complexity index is 1500. The number of amides is 1. The molecule has 3 aliphatic heterocycles. The normalized spacial score (nSPS) is 17.0. The molecule has 0 aliphatic carbocycles. The number of morpholine rings is 1. The van der Waals surface area contributed by atoms with Gasteiger partial charge in [-0.05, 0) is 29.8 Å². The molecule has 214 valence electrons. The van der Waals surface area contributed by atoms with Crippen molar-refractivity contribution in [3.8, 4) is 16.9 Å². The average molecular weight is 601 g/mol. The number of para-hydroxylation sites is 1. The van der Waals surface area contributed by atoms with Gasteiger partial charge in [0.05, 0.1) is 66.9 Å². The summed E-state index contributed by atoms with van der Waals surface area (Å²) < 4.78 is 37.3. The minimum Gasteiger partial charge on any atom is -0.472 e. The second kappa shape index (κ2) is 11.5. The molecule has 6 rings (SSSR count). The van der Waals surface area contributed by atoms with Crippen LogP contribution in [0, 0.1) is 5.82 Å². The van der Waals surface area contributed by atoms with Crippen molar-refractivity contribution in [3.63, 3.8) is 0 Å². The number of benzene rings is 3. The van der Waals surface area contributed by atoms with E-state index in [-0.39, 0.29) is 51.8 Å². The van der Waals surface area contributed by atoms with Gasteiger partial charge in [-0.15, -0.1) is 0 Å². The van der Waals surface area contributed by atoms with E-state index in [1.807, 2.05) is 11.0 Å². The molecule has 3 aromatic carbocycles. The first kappa shape index (κ1) is 27.8. The van der Waals surface area contributed by atoms with E-state index < -0.39 is 11.8 Å². The highest BCUT2D eigenvalue weighted by atomic mass is 35.5. The lowest BCUT2D eigenvalue weighted by Gasteiger charge is -2.32. The molecule has 2 saturated heterocycles. The third-order valence-electron chi connectivity index (χ3n) is 7.63. The summed E-state index contributed by atoms with van der Waals surface area (Å²) in [5.74, 6) is -0.900. The van der Waals surface area contributed by atoms with Crippen LogP contribution in [0.1, 0.15) is 37.8 Å². The lowest BCUT2D eigenvalue weighted by atomic mass is 9.96. The molecule has 2 fully saturated rings. The van der Waals surface area contributed by atoms with Crippen LogP contribution in [0.5, 0.6) is 5.75 Å². The van der Waals surface area contributed by atoms with Crippen LogP contribution in [-0.2, 0) is 20.8 Å². The molecule has 41 heavy (non-hydrogen) atoms. The number of anilines is 1. The van der Waals surface area contributed by atoms with Crippen LogP contribution in [0.3, 0.4) is 0 Å². The van der Waals surface area contributed by atoms with Gasteiger partial charge in [0.2, 0.25) is 0 Å². The van der Waals surface area contributed by atoms with Crippen molar-refractivity contribution in [2.24, 2.45) is 0 Å². The first-order valence-electron chi connectivity index (χ1n) is 13.2. The zero-order valence-corrected chi connectivity index (χ0v) is 23.8. The molecular weight excluding hydrogens is 574 g/mol. The minimum atomic E-state index is -0.621. The molecule has 3 aromatic rings. The molecule has 8 nitrogen and oxygen atoms in total. The highest BCUT2D eigenvalue weighted by Gasteiger charge is 2.31. The van der Waals surface area contributed by atoms with Gasteiger partial charge in [0, 0.05) is 35.7 Å². The number of hydrogen-bond donors (Lipinski definition) is 0. The molecule has 3 heterocycles. The van der Waals surface area contributed by atoms with E-state index in [9.17, 15) is 9.59 Å². The quantitative estimate of drug-likeness (QED) is 0.356. The summed E-state index contributed by atoms with van der Waals surface area (Å²) in [6, 6.07) is 11.7. The van der Waals surface area contributed by atoms with E-state index in [2.05, 4.69) is 0 Å². The lowest BCUT2D eigenvalue weighted by molar-refractivity contribution is 0.00842. The van der Waals surface area contributed by atoms with E-state index in [0.29, 0.717) is 62.1 Å². The van der Waals surface area contributed by atoms with Crippen molar-refractivity contribution >= 4 is 40.8 Å². The molecule has 11 heteroatoms. The molecular formula is C30H27Cl2FN2O6. The predicted molar refractivity (Wildman–Crippen MR) is 152 cm³/mol. The average Bonchev–Trinajstić information content (AvgIpc) is 2.95. The van der Waals surface area contributed by atoms with E-state index in [4.69, 9.17) is 42.1 Å². The number of carbonyl (C=O) groups is 2. The number of ether oxygens (including phenoxy) is 4. The Kier molecular flexibility index (Phi) is 7.78. The van der Waals surface area contributed by atoms with Crippen LogP contribution < -0.4 is 9.64 Å². The van der Waals surface area contributed by atoms with E-state index in [1.54, 1.807) is 30.3 Å². The fraction of sp³-hybridized carbons (Fsp3) is 0.333. The fourth-order valence-corrected chi connectivity index (χ4v) is 6.01. The molecule has 3 aliphatic rings. The molecule has 0 saturated carbocycles. The predicted octanol–water partition coefficient (Wildman–Crippen LogP) is 5.53. The van der Waals surface area contributed by atoms with Crippen LogP contribution in [0.4, 0.5) is 10.1 Å². The third-order valence-corrected chi connectivity index (χ3v) is 8.23. The summed E-state index contributed by atoms with van der Waals surface area (Å²) in [6.45, 7) is 3.42. The minimum absolute atomic E-state index is 0.0775. The number of esters is 1. The maximum absolute atomic E-state index is 15.6. The summed E-state index contributed by atoms with van der Waals surface area (Å²) in [4.78, 5) is 29.5. The van der Waals surface area contributed by atoms with Gasteiger partial charge < -0.3 is 28.7 Å². The molecule has 0 bridgehead atoms. The topological polar surface area (TPSA) is 77.5 Å². The van der Waals surface area contributed by atoms with Crippen LogP contribution >= 0.6 is 23.2 Å². The van der Waals surface area contributed by atoms with Gasteiger partial charge in [-0.3, -0.25) is 4.79 Å². The summed E-state index contributed by atoms with van der Waals surface area (Å²) >= 11 is 13.0. The molecule has 0 N–H and O–H groups in total. The number of fused-ring (bicyclic) bond motifs is 1. The van der Waals surface area contributed by atoms with Gasteiger partial charge in [0.15, 0.2) is 6.73 Å². The monoisotopic (exact) mass is 600 g/mol. The number of nitrogens with zero attached hydrogens (tertiary/aromatic N) is 2. The number of rotatable bonds is 5. The van der Waals surface area contributed by atoms with E-state index >= 15 is 4.39 Å². The standard InChI is InChI=1S/C30H27Cl2FN2O6/c1-38-30(37)22-11-25(33)21(12-26(22)34-5-7-39-8-6-34)20-4-2-3-17-13-35(16-41-28(17)20)29(36)27-23(31)9-18(10-24(27)32)19-14-40-15-19/h2-4,9-12,19H,5-8,13-16H2,1H3. The van der Waals surface area contributed by atoms with Crippen molar-refractivity contribution in [1.82, 2.24) is 4.90 Å². The molecule has 0 radical (unpaired) electrons. The maximum atomic E-state index is 15.6. The lowest BCUT2D eigenvalue weighted by Crippen LogP contribution is -2.38. The molecule has 0 spiro atoms. The van der Waals surface area contributed by atoms with Gasteiger partial charge in [-0.2, -0.15) is 0 Å². The Hall–Kier alpha value is -3.37. The highest BCUT2D eigenvalue weighted by Crippen LogP contribution is 2.41. The Morgan fingerprint density at radius 1 is 1.00 bits per heavy atom. The maximum Gasteiger partial charge on any atom is 0.340 e. The van der Waals surface area contributed by atoms with Gasteiger partial charge in [0.25, 0.3) is 5.91 Å². The Morgan fingerprint density at radius 2 is 1.73 bits per heavy atom. The first-order valence-corrected chi connectivity index (χ1v) is 14.0. The van der Waals surface area contributed by atoms with Crippen LogP contribution in [0.25, 0.3) is 11.1 Å². The van der Waals surface area contributed by atoms with Gasteiger partial charge >= 0.3 is 5.97 Å². The Balaban J connectivity index is 1.31. The second-order valence-electron chi connectivity index (χ2n) is 10.1. The highest BCUT2D eigenvalue weighted by molar-refractivity contribution is 6.39. The zero-order chi connectivity index (χ0) is 28.7. The fourth-order valence-electron chi connectivity index (χ4n) is 5.34. The molecule has 0 unspecified atom stereocenters. The summed E-state index contributed by atoms with van der Waals surface area (Å²) in [7, 11) is 1.27. The van der Waals surface area contributed by atoms with Crippen LogP contribution in [-0.4, -0.2) is 70.1 Å². The summed E-state index contributed by atoms with van der Waals surface area (Å²) in [6.07, 6.45) is 0. The number of methoxy groups -OCH3 is 1. The van der Waals surface area contributed by atoms with Crippen molar-refractivity contribution in [2.75, 3.05) is 58.3 Å². The van der Waals surface area contributed by atoms with Crippen LogP contribution in [0.15, 0.2) is 42.5 Å². The molecule has 1 amide bonds. The van der Waals surface area contributed by atoms with Gasteiger partial charge in [-0.1, -0.05) is 41.4 Å². The number of hydrogen-bond acceptors (Lipinski definition) is 7. The molecule has 0 aromatic heterocycles. The molecule has 0 atom stereocenters. The Morgan fingerprint density at radius 3 is 2.39 bits per heavy atom. The summed E-state index contributed by atoms with van der Waals surface area (Å²) in [5, 5.41) is 0.541. The SMILES string of the molecule is COC(=O)c1cc(F)c(-c2cccc3c2OCN(C(=O)c2c(Cl)cc(C4COC4)cc2Cl)C3)cc1N1CCOCC1. The third kappa shape index (κ3) is 5.23. The number of carbonyl (C=O) groups excluding carboxylic acids is 2. The van der Waals surface area contributed by atoms with Crippen molar-refractivity contribution in [3.05, 3.63) is 80.6 Å². The van der Waals surface area contributed by atoms with Gasteiger partial charge in [-0.25, -0.2) is 9.18 Å². The van der Waals surface area contributed by atoms with Crippen molar-refractivity contribution in [2.45, 2.75) is 12.5 Å². The second-order valence-corrected chi connectivity index (χ2v) is 10.9. The zero-order valence-electron chi connectivity index (χ0n) is 22.3. The van der Waals surface area contributed by atoms with Crippen LogP contribution in [0.2, 0.25) is 10.0 Å². The largest absolute Gasteiger partial charge is 0.472 e. The Labute approximate surface area is 246 Å². The smallest absolute Gasteiger partial charge is 0.340 e. The van der Waals surface area contributed by atoms with Crippen molar-refractivity contribution in [1.29, 1.82) is 0 Å². The van der Waals surface area contributed by atoms with Crippen molar-refractivity contribution < 1.29 is 32.9 Å². The van der Waals surface area contributed by atoms with E-state index in [0.717, 1.165) is 5.56 Å². The number of halogens is 3. The summed E-state index contributed by atoms with van der Waals surface area (Å²) in [5.41, 5.74) is 3.33. The van der Waals surface area contributed by atoms with Gasteiger partial charge in [0.1, 0.15) is 11.6 Å². The van der Waals surface area contributed by atoms with E-state index in [1.165, 1.54) is 18.1 Å².